The van der Waals surface area contributed by atoms with Gasteiger partial charge in [0.2, 0.25) is 0 Å². The second kappa shape index (κ2) is 3.76. The highest BCUT2D eigenvalue weighted by molar-refractivity contribution is 7.46. The van der Waals surface area contributed by atoms with Crippen LogP contribution in [0.15, 0.2) is 24.3 Å². The van der Waals surface area contributed by atoms with Crippen LogP contribution >= 0.6 is 7.82 Å². The standard InChI is InChI=1S/C6H8NO5P/c7-5-3-1-2-4-6(5)11-12-13(8,9)10/h1-4H,7H2,(H2,8,9,10). The third-order valence-electron chi connectivity index (χ3n) is 1.14. The minimum atomic E-state index is -4.63. The van der Waals surface area contributed by atoms with E-state index in [-0.39, 0.29) is 11.4 Å². The van der Waals surface area contributed by atoms with Gasteiger partial charge in [0.1, 0.15) is 0 Å². The Morgan fingerprint density at radius 2 is 1.92 bits per heavy atom. The van der Waals surface area contributed by atoms with E-state index in [4.69, 9.17) is 15.5 Å². The molecule has 1 rings (SSSR count). The SMILES string of the molecule is Nc1ccccc1OOP(=O)(O)O. The molecule has 0 amide bonds. The lowest BCUT2D eigenvalue weighted by atomic mass is 10.3. The molecule has 4 N–H and O–H groups in total. The molecule has 13 heavy (non-hydrogen) atoms. The topological polar surface area (TPSA) is 102 Å². The van der Waals surface area contributed by atoms with Gasteiger partial charge in [-0.05, 0) is 12.1 Å². The van der Waals surface area contributed by atoms with E-state index in [9.17, 15) is 4.57 Å². The molecule has 0 spiro atoms. The van der Waals surface area contributed by atoms with Crippen LogP contribution in [0.25, 0.3) is 0 Å². The fraction of sp³-hybridized carbons (Fsp3) is 0. The number of phosphoric acid groups is 1. The normalized spacial score (nSPS) is 11.2. The third kappa shape index (κ3) is 3.43. The van der Waals surface area contributed by atoms with Crippen molar-refractivity contribution in [3.63, 3.8) is 0 Å². The van der Waals surface area contributed by atoms with E-state index < -0.39 is 7.82 Å². The fourth-order valence-corrected chi connectivity index (χ4v) is 0.823. The zero-order chi connectivity index (χ0) is 9.90. The Kier molecular flexibility index (Phi) is 2.90. The predicted octanol–water partition coefficient (Wildman–Crippen LogP) is 0.672. The van der Waals surface area contributed by atoms with E-state index in [0.717, 1.165) is 0 Å². The smallest absolute Gasteiger partial charge is 0.396 e. The summed E-state index contributed by atoms with van der Waals surface area (Å²) in [6.07, 6.45) is 0. The van der Waals surface area contributed by atoms with Gasteiger partial charge in [0.05, 0.1) is 5.69 Å². The lowest BCUT2D eigenvalue weighted by molar-refractivity contribution is -0.122. The maximum absolute atomic E-state index is 10.2. The van der Waals surface area contributed by atoms with Gasteiger partial charge in [0.25, 0.3) is 0 Å². The molecular weight excluding hydrogens is 197 g/mol. The zero-order valence-electron chi connectivity index (χ0n) is 6.45. The minimum absolute atomic E-state index is 0.0609. The largest absolute Gasteiger partial charge is 0.505 e. The maximum atomic E-state index is 10.2. The first kappa shape index (κ1) is 10.0. The highest BCUT2D eigenvalue weighted by atomic mass is 31.2. The molecule has 7 heteroatoms. The molecule has 72 valence electrons. The van der Waals surface area contributed by atoms with E-state index >= 15 is 0 Å². The zero-order valence-corrected chi connectivity index (χ0v) is 7.35. The number of hydrogen-bond donors (Lipinski definition) is 3. The summed E-state index contributed by atoms with van der Waals surface area (Å²) in [7, 11) is -4.63. The Labute approximate surface area is 74.1 Å². The molecule has 0 aromatic heterocycles. The van der Waals surface area contributed by atoms with Crippen LogP contribution in [0, 0.1) is 0 Å². The molecule has 6 nitrogen and oxygen atoms in total. The molecule has 0 saturated heterocycles. The quantitative estimate of drug-likeness (QED) is 0.290. The van der Waals surface area contributed by atoms with Crippen molar-refractivity contribution in [2.75, 3.05) is 5.73 Å². The van der Waals surface area contributed by atoms with E-state index in [2.05, 4.69) is 9.56 Å². The first-order valence-electron chi connectivity index (χ1n) is 3.25. The van der Waals surface area contributed by atoms with Gasteiger partial charge >= 0.3 is 7.82 Å². The maximum Gasteiger partial charge on any atom is 0.505 e. The monoisotopic (exact) mass is 205 g/mol. The second-order valence-corrected chi connectivity index (χ2v) is 3.32. The van der Waals surface area contributed by atoms with Crippen molar-refractivity contribution in [3.05, 3.63) is 24.3 Å². The molecule has 0 aliphatic carbocycles. The average molecular weight is 205 g/mol. The predicted molar refractivity (Wildman–Crippen MR) is 44.6 cm³/mol. The highest BCUT2D eigenvalue weighted by Gasteiger charge is 2.16. The van der Waals surface area contributed by atoms with Crippen LogP contribution < -0.4 is 10.6 Å². The summed E-state index contributed by atoms with van der Waals surface area (Å²) in [5.41, 5.74) is 5.62. The summed E-state index contributed by atoms with van der Waals surface area (Å²) in [6.45, 7) is 0. The Hall–Kier alpha value is -1.07. The van der Waals surface area contributed by atoms with Crippen molar-refractivity contribution < 1.29 is 23.9 Å². The van der Waals surface area contributed by atoms with Crippen molar-refractivity contribution in [3.8, 4) is 5.75 Å². The summed E-state index contributed by atoms with van der Waals surface area (Å²) in [5, 5.41) is 0. The number of nitrogen functional groups attached to an aromatic ring is 1. The molecule has 0 aliphatic rings. The van der Waals surface area contributed by atoms with Crippen LogP contribution in [0.4, 0.5) is 5.69 Å². The Morgan fingerprint density at radius 1 is 1.31 bits per heavy atom. The Balaban J connectivity index is 2.65. The van der Waals surface area contributed by atoms with Crippen LogP contribution in [0.2, 0.25) is 0 Å². The summed E-state index contributed by atoms with van der Waals surface area (Å²) >= 11 is 0. The number of nitrogens with two attached hydrogens (primary N) is 1. The summed E-state index contributed by atoms with van der Waals surface area (Å²) in [5.74, 6) is 0.0609. The lowest BCUT2D eigenvalue weighted by Gasteiger charge is -2.06. The number of para-hydroxylation sites is 2. The van der Waals surface area contributed by atoms with Crippen LogP contribution in [-0.2, 0) is 9.24 Å². The first-order valence-corrected chi connectivity index (χ1v) is 4.78. The van der Waals surface area contributed by atoms with Crippen LogP contribution in [0.5, 0.6) is 5.75 Å². The molecule has 0 bridgehead atoms. The summed E-state index contributed by atoms with van der Waals surface area (Å²) in [4.78, 5) is 20.9. The van der Waals surface area contributed by atoms with E-state index in [1.165, 1.54) is 12.1 Å². The molecule has 0 aliphatic heterocycles. The van der Waals surface area contributed by atoms with Crippen molar-refractivity contribution in [1.82, 2.24) is 0 Å². The van der Waals surface area contributed by atoms with Gasteiger partial charge in [-0.1, -0.05) is 16.8 Å². The molecule has 0 fully saturated rings. The molecule has 0 heterocycles. The summed E-state index contributed by atoms with van der Waals surface area (Å²) in [6, 6.07) is 6.18. The Morgan fingerprint density at radius 3 is 2.46 bits per heavy atom. The van der Waals surface area contributed by atoms with Crippen LogP contribution in [0.3, 0.4) is 0 Å². The second-order valence-electron chi connectivity index (χ2n) is 2.19. The molecular formula is C6H8NO5P. The molecule has 0 radical (unpaired) electrons. The van der Waals surface area contributed by atoms with Crippen molar-refractivity contribution in [2.45, 2.75) is 0 Å². The van der Waals surface area contributed by atoms with E-state index in [0.29, 0.717) is 0 Å². The van der Waals surface area contributed by atoms with Gasteiger partial charge in [-0.15, -0.1) is 0 Å². The molecule has 0 saturated carbocycles. The number of rotatable bonds is 3. The van der Waals surface area contributed by atoms with Gasteiger partial charge in [-0.3, -0.25) is 0 Å². The van der Waals surface area contributed by atoms with Gasteiger partial charge in [-0.25, -0.2) is 4.57 Å². The fourth-order valence-electron chi connectivity index (χ4n) is 0.645. The lowest BCUT2D eigenvalue weighted by Crippen LogP contribution is -1.97. The third-order valence-corrected chi connectivity index (χ3v) is 1.41. The van der Waals surface area contributed by atoms with Crippen LogP contribution in [0.1, 0.15) is 0 Å². The average Bonchev–Trinajstić information content (AvgIpc) is 2.01. The Bertz CT molecular complexity index is 336. The van der Waals surface area contributed by atoms with Gasteiger partial charge in [0, 0.05) is 0 Å². The number of anilines is 1. The van der Waals surface area contributed by atoms with E-state index in [1.807, 2.05) is 0 Å². The van der Waals surface area contributed by atoms with Crippen molar-refractivity contribution in [2.24, 2.45) is 0 Å². The van der Waals surface area contributed by atoms with Crippen molar-refractivity contribution >= 4 is 13.5 Å². The molecule has 0 atom stereocenters. The molecule has 1 aromatic rings. The minimum Gasteiger partial charge on any atom is -0.396 e. The number of benzene rings is 1. The van der Waals surface area contributed by atoms with Gasteiger partial charge < -0.3 is 20.4 Å². The van der Waals surface area contributed by atoms with E-state index in [1.54, 1.807) is 12.1 Å². The van der Waals surface area contributed by atoms with Crippen molar-refractivity contribution in [1.29, 1.82) is 0 Å². The van der Waals surface area contributed by atoms with Crippen LogP contribution in [-0.4, -0.2) is 9.79 Å². The summed E-state index contributed by atoms with van der Waals surface area (Å²) < 4.78 is 14.0. The molecule has 0 unspecified atom stereocenters. The van der Waals surface area contributed by atoms with Gasteiger partial charge in [-0.2, -0.15) is 0 Å². The first-order chi connectivity index (χ1) is 5.99. The highest BCUT2D eigenvalue weighted by Crippen LogP contribution is 2.37. The van der Waals surface area contributed by atoms with Gasteiger partial charge in [0.15, 0.2) is 5.75 Å². The molecule has 1 aromatic carbocycles. The number of hydrogen-bond acceptors (Lipinski definition) is 4.